The number of anilines is 1. The topological polar surface area (TPSA) is 90.4 Å². The zero-order valence-electron chi connectivity index (χ0n) is 25.2. The van der Waals surface area contributed by atoms with Crippen molar-refractivity contribution in [2.24, 2.45) is 17.8 Å². The number of hydrogen-bond acceptors (Lipinski definition) is 5. The van der Waals surface area contributed by atoms with E-state index in [0.717, 1.165) is 10.8 Å². The third-order valence-electron chi connectivity index (χ3n) is 9.96. The number of carbonyl (C=O) groups is 3. The highest BCUT2D eigenvalue weighted by Gasteiger charge is 2.79. The number of nitrogens with zero attached hydrogens (tertiary/aromatic N) is 3. The van der Waals surface area contributed by atoms with Crippen LogP contribution in [0.4, 0.5) is 5.69 Å². The summed E-state index contributed by atoms with van der Waals surface area (Å²) in [4.78, 5) is 48.2. The van der Waals surface area contributed by atoms with Crippen LogP contribution in [0.5, 0.6) is 0 Å². The van der Waals surface area contributed by atoms with Crippen LogP contribution in [0.1, 0.15) is 40.0 Å². The van der Waals surface area contributed by atoms with Crippen molar-refractivity contribution in [3.05, 3.63) is 67.8 Å². The quantitative estimate of drug-likeness (QED) is 0.408. The number of ether oxygens (including phenoxy) is 1. The monoisotopic (exact) mass is 573 g/mol. The van der Waals surface area contributed by atoms with Gasteiger partial charge >= 0.3 is 0 Å². The summed E-state index contributed by atoms with van der Waals surface area (Å²) >= 11 is 0. The summed E-state index contributed by atoms with van der Waals surface area (Å²) in [7, 11) is 1.70. The summed E-state index contributed by atoms with van der Waals surface area (Å²) < 4.78 is 6.82. The van der Waals surface area contributed by atoms with E-state index in [1.807, 2.05) is 63.2 Å². The molecule has 2 unspecified atom stereocenters. The van der Waals surface area contributed by atoms with Gasteiger partial charge in [-0.15, -0.1) is 13.2 Å². The van der Waals surface area contributed by atoms with Crippen LogP contribution in [0.25, 0.3) is 10.8 Å². The molecule has 3 aliphatic heterocycles. The molecule has 8 nitrogen and oxygen atoms in total. The number of amides is 3. The number of hydrogen-bond donors (Lipinski definition) is 1. The van der Waals surface area contributed by atoms with Crippen LogP contribution in [-0.2, 0) is 19.1 Å². The molecule has 0 aliphatic carbocycles. The van der Waals surface area contributed by atoms with Gasteiger partial charge < -0.3 is 24.5 Å². The van der Waals surface area contributed by atoms with Crippen molar-refractivity contribution >= 4 is 34.2 Å². The Bertz CT molecular complexity index is 1410. The smallest absolute Gasteiger partial charge is 0.253 e. The van der Waals surface area contributed by atoms with Gasteiger partial charge in [-0.1, -0.05) is 62.8 Å². The Kier molecular flexibility index (Phi) is 8.07. The fourth-order valence-corrected chi connectivity index (χ4v) is 7.66. The molecule has 8 heteroatoms. The molecular formula is C34H43N3O5. The maximum absolute atomic E-state index is 14.9. The van der Waals surface area contributed by atoms with E-state index in [4.69, 9.17) is 4.74 Å². The second-order valence-electron chi connectivity index (χ2n) is 12.4. The zero-order valence-corrected chi connectivity index (χ0v) is 25.2. The molecule has 42 heavy (non-hydrogen) atoms. The largest absolute Gasteiger partial charge is 0.394 e. The number of likely N-dealkylation sites (tertiary alicyclic amines) is 1. The molecule has 1 N–H and O–H groups in total. The molecule has 3 fully saturated rings. The van der Waals surface area contributed by atoms with Crippen LogP contribution >= 0.6 is 0 Å². The number of likely N-dealkylation sites (N-methyl/N-ethyl adjacent to an activating group) is 1. The van der Waals surface area contributed by atoms with Gasteiger partial charge in [-0.2, -0.15) is 0 Å². The number of aliphatic hydroxyl groups excluding tert-OH is 1. The lowest BCUT2D eigenvalue weighted by Gasteiger charge is -2.41. The predicted molar refractivity (Wildman–Crippen MR) is 164 cm³/mol. The second-order valence-corrected chi connectivity index (χ2v) is 12.4. The molecule has 2 aromatic rings. The Balaban J connectivity index is 1.65. The molecule has 3 saturated heterocycles. The molecular weight excluding hydrogens is 530 g/mol. The van der Waals surface area contributed by atoms with Crippen LogP contribution in [0, 0.1) is 17.8 Å². The molecule has 3 amide bonds. The van der Waals surface area contributed by atoms with Crippen molar-refractivity contribution in [3.63, 3.8) is 0 Å². The van der Waals surface area contributed by atoms with Gasteiger partial charge in [0.2, 0.25) is 11.8 Å². The van der Waals surface area contributed by atoms with E-state index >= 15 is 0 Å². The molecule has 7 atom stereocenters. The van der Waals surface area contributed by atoms with Crippen molar-refractivity contribution in [1.29, 1.82) is 0 Å². The molecule has 5 rings (SSSR count). The van der Waals surface area contributed by atoms with Gasteiger partial charge in [-0.25, -0.2) is 0 Å². The van der Waals surface area contributed by atoms with E-state index in [0.29, 0.717) is 31.5 Å². The van der Waals surface area contributed by atoms with Gasteiger partial charge in [0.1, 0.15) is 11.6 Å². The van der Waals surface area contributed by atoms with Gasteiger partial charge in [0.15, 0.2) is 0 Å². The molecule has 2 bridgehead atoms. The number of benzene rings is 2. The molecule has 0 saturated carbocycles. The zero-order chi connectivity index (χ0) is 30.4. The highest BCUT2D eigenvalue weighted by atomic mass is 16.5. The van der Waals surface area contributed by atoms with Gasteiger partial charge in [0.05, 0.1) is 30.1 Å². The van der Waals surface area contributed by atoms with Crippen LogP contribution in [-0.4, -0.2) is 82.7 Å². The molecule has 0 aromatic heterocycles. The summed E-state index contributed by atoms with van der Waals surface area (Å²) in [5.41, 5.74) is -1.38. The van der Waals surface area contributed by atoms with Gasteiger partial charge in [-0.3, -0.25) is 14.4 Å². The lowest BCUT2D eigenvalue weighted by atomic mass is 9.66. The normalized spacial score (nSPS) is 29.3. The molecule has 3 aliphatic rings. The van der Waals surface area contributed by atoms with E-state index in [1.165, 1.54) is 0 Å². The van der Waals surface area contributed by atoms with Crippen LogP contribution in [0.2, 0.25) is 0 Å². The van der Waals surface area contributed by atoms with E-state index < -0.39 is 35.1 Å². The summed E-state index contributed by atoms with van der Waals surface area (Å²) in [6.45, 7) is 13.8. The third-order valence-corrected chi connectivity index (χ3v) is 9.96. The third kappa shape index (κ3) is 4.47. The number of carbonyl (C=O) groups excluding carboxylic acids is 3. The SMILES string of the molecule is C=CCN(C)C(=O)[C@H]1[C@H]2C(=O)N([C@@H](CO)[C@@H](C)CC)C(C(=O)N(CC=C)c3ccc4ccccc4c3)C23CC[C@]1(C)O3. The van der Waals surface area contributed by atoms with Crippen LogP contribution in [0.15, 0.2) is 67.8 Å². The minimum atomic E-state index is -1.19. The van der Waals surface area contributed by atoms with E-state index in [-0.39, 0.29) is 36.8 Å². The van der Waals surface area contributed by atoms with Crippen molar-refractivity contribution in [1.82, 2.24) is 9.80 Å². The second kappa shape index (κ2) is 11.3. The lowest BCUT2D eigenvalue weighted by Crippen LogP contribution is -2.60. The first-order valence-corrected chi connectivity index (χ1v) is 15.0. The molecule has 1 spiro atoms. The first-order chi connectivity index (χ1) is 20.1. The first kappa shape index (κ1) is 30.0. The maximum atomic E-state index is 14.9. The predicted octanol–water partition coefficient (Wildman–Crippen LogP) is 4.17. The van der Waals surface area contributed by atoms with Crippen molar-refractivity contribution < 1.29 is 24.2 Å². The van der Waals surface area contributed by atoms with Crippen LogP contribution < -0.4 is 4.90 Å². The highest BCUT2D eigenvalue weighted by Crippen LogP contribution is 2.64. The lowest BCUT2D eigenvalue weighted by molar-refractivity contribution is -0.152. The van der Waals surface area contributed by atoms with Gasteiger partial charge in [0.25, 0.3) is 5.91 Å². The van der Waals surface area contributed by atoms with E-state index in [9.17, 15) is 19.5 Å². The minimum absolute atomic E-state index is 0.0802. The number of aliphatic hydroxyl groups is 1. The van der Waals surface area contributed by atoms with Crippen molar-refractivity contribution in [2.75, 3.05) is 31.6 Å². The standard InChI is InChI=1S/C34H43N3O5/c1-7-18-35(6)30(39)27-28-31(40)37(26(21-38)22(4)9-3)29(34(28)17-16-33(27,5)42-34)32(41)36(19-8-2)25-15-14-23-12-10-11-13-24(23)20-25/h7-8,10-15,20,22,26-29,38H,1-2,9,16-19,21H2,3-6H3/t22-,26-,27+,28-,29?,33-,34?/m0/s1. The maximum Gasteiger partial charge on any atom is 0.253 e. The Morgan fingerprint density at radius 2 is 1.81 bits per heavy atom. The Labute approximate surface area is 248 Å². The first-order valence-electron chi connectivity index (χ1n) is 15.0. The minimum Gasteiger partial charge on any atom is -0.394 e. The molecule has 224 valence electrons. The molecule has 0 radical (unpaired) electrons. The van der Waals surface area contributed by atoms with Crippen molar-refractivity contribution in [2.45, 2.75) is 63.3 Å². The fraction of sp³-hybridized carbons (Fsp3) is 0.500. The highest BCUT2D eigenvalue weighted by molar-refractivity contribution is 6.06. The average Bonchev–Trinajstić information content (AvgIpc) is 3.56. The Morgan fingerprint density at radius 3 is 2.45 bits per heavy atom. The average molecular weight is 574 g/mol. The van der Waals surface area contributed by atoms with Gasteiger partial charge in [0, 0.05) is 25.8 Å². The van der Waals surface area contributed by atoms with Crippen molar-refractivity contribution in [3.8, 4) is 0 Å². The number of rotatable bonds is 11. The fourth-order valence-electron chi connectivity index (χ4n) is 7.66. The Morgan fingerprint density at radius 1 is 1.12 bits per heavy atom. The van der Waals surface area contributed by atoms with Gasteiger partial charge in [-0.05, 0) is 48.6 Å². The summed E-state index contributed by atoms with van der Waals surface area (Å²) in [6, 6.07) is 12.2. The van der Waals surface area contributed by atoms with E-state index in [1.54, 1.807) is 33.9 Å². The summed E-state index contributed by atoms with van der Waals surface area (Å²) in [5, 5.41) is 12.7. The number of fused-ring (bicyclic) bond motifs is 2. The summed E-state index contributed by atoms with van der Waals surface area (Å²) in [5.74, 6) is -2.42. The van der Waals surface area contributed by atoms with Crippen LogP contribution in [0.3, 0.4) is 0 Å². The molecule has 2 aromatic carbocycles. The molecule has 3 heterocycles. The summed E-state index contributed by atoms with van der Waals surface area (Å²) in [6.07, 6.45) is 5.06. The van der Waals surface area contributed by atoms with E-state index in [2.05, 4.69) is 13.2 Å². The Hall–Kier alpha value is -3.49.